The van der Waals surface area contributed by atoms with Crippen LogP contribution in [0.25, 0.3) is 0 Å². The predicted octanol–water partition coefficient (Wildman–Crippen LogP) is 4.34. The molecular formula is C17H17FO. The van der Waals surface area contributed by atoms with Crippen LogP contribution in [-0.2, 0) is 6.42 Å². The fourth-order valence-corrected chi connectivity index (χ4v) is 2.14. The average molecular weight is 256 g/mol. The fraction of sp³-hybridized carbons (Fsp3) is 0.235. The van der Waals surface area contributed by atoms with Crippen molar-refractivity contribution in [2.75, 3.05) is 0 Å². The minimum absolute atomic E-state index is 0.0125. The van der Waals surface area contributed by atoms with E-state index in [0.29, 0.717) is 12.0 Å². The Morgan fingerprint density at radius 2 is 1.84 bits per heavy atom. The van der Waals surface area contributed by atoms with Crippen molar-refractivity contribution in [3.8, 4) is 0 Å². The standard InChI is InChI=1S/C17H17FO/c1-13-10-15(12-16(18)11-13)17(19)9-5-8-14-6-3-2-4-7-14/h2-4,6-7,10-12H,5,8-9H2,1H3. The molecule has 19 heavy (non-hydrogen) atoms. The van der Waals surface area contributed by atoms with Gasteiger partial charge in [0, 0.05) is 12.0 Å². The van der Waals surface area contributed by atoms with Crippen molar-refractivity contribution in [1.82, 2.24) is 0 Å². The Morgan fingerprint density at radius 1 is 1.11 bits per heavy atom. The molecule has 1 nitrogen and oxygen atoms in total. The summed E-state index contributed by atoms with van der Waals surface area (Å²) in [5.74, 6) is -0.329. The third kappa shape index (κ3) is 4.02. The van der Waals surface area contributed by atoms with Crippen LogP contribution in [0.3, 0.4) is 0 Å². The molecule has 0 amide bonds. The number of carbonyl (C=O) groups excluding carboxylic acids is 1. The van der Waals surface area contributed by atoms with E-state index in [9.17, 15) is 9.18 Å². The van der Waals surface area contributed by atoms with Crippen LogP contribution in [0.4, 0.5) is 4.39 Å². The second-order valence-electron chi connectivity index (χ2n) is 4.78. The van der Waals surface area contributed by atoms with Crippen molar-refractivity contribution in [1.29, 1.82) is 0 Å². The molecule has 0 N–H and O–H groups in total. The summed E-state index contributed by atoms with van der Waals surface area (Å²) in [4.78, 5) is 12.0. The third-order valence-electron chi connectivity index (χ3n) is 3.08. The van der Waals surface area contributed by atoms with Crippen molar-refractivity contribution >= 4 is 5.78 Å². The smallest absolute Gasteiger partial charge is 0.162 e. The molecule has 0 aromatic heterocycles. The van der Waals surface area contributed by atoms with Crippen LogP contribution < -0.4 is 0 Å². The van der Waals surface area contributed by atoms with Gasteiger partial charge in [-0.3, -0.25) is 4.79 Å². The van der Waals surface area contributed by atoms with Crippen molar-refractivity contribution < 1.29 is 9.18 Å². The number of hydrogen-bond donors (Lipinski definition) is 0. The van der Waals surface area contributed by atoms with Crippen LogP contribution >= 0.6 is 0 Å². The molecule has 0 aliphatic rings. The molecule has 2 aromatic carbocycles. The Labute approximate surface area is 113 Å². The van der Waals surface area contributed by atoms with Crippen LogP contribution in [0.2, 0.25) is 0 Å². The Kier molecular flexibility index (Phi) is 4.45. The molecule has 0 aliphatic heterocycles. The van der Waals surface area contributed by atoms with Gasteiger partial charge in [0.15, 0.2) is 5.78 Å². The van der Waals surface area contributed by atoms with Crippen LogP contribution in [0.5, 0.6) is 0 Å². The summed E-state index contributed by atoms with van der Waals surface area (Å²) in [6, 6.07) is 14.6. The molecule has 0 radical (unpaired) electrons. The lowest BCUT2D eigenvalue weighted by atomic mass is 10.0. The number of benzene rings is 2. The van der Waals surface area contributed by atoms with Gasteiger partial charge in [0.25, 0.3) is 0 Å². The normalized spacial score (nSPS) is 10.4. The second kappa shape index (κ2) is 6.28. The Balaban J connectivity index is 1.91. The lowest BCUT2D eigenvalue weighted by molar-refractivity contribution is 0.0979. The number of carbonyl (C=O) groups is 1. The van der Waals surface area contributed by atoms with Gasteiger partial charge in [0.05, 0.1) is 0 Å². The number of hydrogen-bond acceptors (Lipinski definition) is 1. The molecule has 0 heterocycles. The number of rotatable bonds is 5. The van der Waals surface area contributed by atoms with Gasteiger partial charge >= 0.3 is 0 Å². The number of halogens is 1. The highest BCUT2D eigenvalue weighted by Crippen LogP contribution is 2.13. The first-order valence-corrected chi connectivity index (χ1v) is 6.49. The number of aryl methyl sites for hydroxylation is 2. The Bertz CT molecular complexity index is 540. The van der Waals surface area contributed by atoms with Crippen molar-refractivity contribution in [3.05, 3.63) is 71.0 Å². The Morgan fingerprint density at radius 3 is 2.53 bits per heavy atom. The quantitative estimate of drug-likeness (QED) is 0.727. The summed E-state index contributed by atoms with van der Waals surface area (Å²) >= 11 is 0. The molecule has 0 fully saturated rings. The summed E-state index contributed by atoms with van der Waals surface area (Å²) in [5, 5.41) is 0. The molecule has 0 saturated heterocycles. The first-order valence-electron chi connectivity index (χ1n) is 6.49. The monoisotopic (exact) mass is 256 g/mol. The predicted molar refractivity (Wildman–Crippen MR) is 74.8 cm³/mol. The topological polar surface area (TPSA) is 17.1 Å². The van der Waals surface area contributed by atoms with E-state index in [4.69, 9.17) is 0 Å². The van der Waals surface area contributed by atoms with E-state index >= 15 is 0 Å². The van der Waals surface area contributed by atoms with Crippen LogP contribution in [0.1, 0.15) is 34.3 Å². The largest absolute Gasteiger partial charge is 0.294 e. The van der Waals surface area contributed by atoms with Gasteiger partial charge in [0.1, 0.15) is 5.82 Å². The summed E-state index contributed by atoms with van der Waals surface area (Å²) in [5.41, 5.74) is 2.49. The van der Waals surface area contributed by atoms with Crippen LogP contribution in [-0.4, -0.2) is 5.78 Å². The van der Waals surface area contributed by atoms with Gasteiger partial charge < -0.3 is 0 Å². The average Bonchev–Trinajstić information content (AvgIpc) is 2.38. The molecule has 0 bridgehead atoms. The van der Waals surface area contributed by atoms with Gasteiger partial charge in [-0.05, 0) is 49.1 Å². The maximum atomic E-state index is 13.2. The maximum absolute atomic E-state index is 13.2. The van der Waals surface area contributed by atoms with E-state index in [-0.39, 0.29) is 11.6 Å². The van der Waals surface area contributed by atoms with Crippen molar-refractivity contribution in [2.24, 2.45) is 0 Å². The molecule has 0 spiro atoms. The molecule has 2 aromatic rings. The minimum atomic E-state index is -0.341. The molecule has 0 atom stereocenters. The number of ketones is 1. The van der Waals surface area contributed by atoms with Crippen molar-refractivity contribution in [2.45, 2.75) is 26.2 Å². The molecule has 2 rings (SSSR count). The van der Waals surface area contributed by atoms with Gasteiger partial charge in [0.2, 0.25) is 0 Å². The fourth-order valence-electron chi connectivity index (χ4n) is 2.14. The first-order chi connectivity index (χ1) is 9.15. The molecule has 0 unspecified atom stereocenters. The molecule has 0 aliphatic carbocycles. The zero-order valence-corrected chi connectivity index (χ0v) is 11.0. The van der Waals surface area contributed by atoms with Gasteiger partial charge in [-0.15, -0.1) is 0 Å². The Hall–Kier alpha value is -1.96. The number of Topliss-reactive ketones (excluding diaryl/α,β-unsaturated/α-hetero) is 1. The highest BCUT2D eigenvalue weighted by Gasteiger charge is 2.07. The lowest BCUT2D eigenvalue weighted by Gasteiger charge is -2.03. The van der Waals surface area contributed by atoms with E-state index in [1.165, 1.54) is 17.7 Å². The minimum Gasteiger partial charge on any atom is -0.294 e. The lowest BCUT2D eigenvalue weighted by Crippen LogP contribution is -2.01. The molecule has 98 valence electrons. The van der Waals surface area contributed by atoms with E-state index < -0.39 is 0 Å². The van der Waals surface area contributed by atoms with Gasteiger partial charge in [-0.2, -0.15) is 0 Å². The molecular weight excluding hydrogens is 239 g/mol. The molecule has 2 heteroatoms. The zero-order valence-electron chi connectivity index (χ0n) is 11.0. The van der Waals surface area contributed by atoms with E-state index in [2.05, 4.69) is 12.1 Å². The van der Waals surface area contributed by atoms with Crippen LogP contribution in [0.15, 0.2) is 48.5 Å². The summed E-state index contributed by atoms with van der Waals surface area (Å²) in [7, 11) is 0. The van der Waals surface area contributed by atoms with Gasteiger partial charge in [-0.1, -0.05) is 30.3 Å². The molecule has 0 saturated carbocycles. The first kappa shape index (κ1) is 13.5. The van der Waals surface area contributed by atoms with Crippen LogP contribution in [0, 0.1) is 12.7 Å². The highest BCUT2D eigenvalue weighted by atomic mass is 19.1. The highest BCUT2D eigenvalue weighted by molar-refractivity contribution is 5.96. The van der Waals surface area contributed by atoms with E-state index in [1.807, 2.05) is 18.2 Å². The third-order valence-corrected chi connectivity index (χ3v) is 3.08. The summed E-state index contributed by atoms with van der Waals surface area (Å²) in [6.45, 7) is 1.80. The summed E-state index contributed by atoms with van der Waals surface area (Å²) in [6.07, 6.45) is 2.12. The van der Waals surface area contributed by atoms with E-state index in [1.54, 1.807) is 13.0 Å². The second-order valence-corrected chi connectivity index (χ2v) is 4.78. The van der Waals surface area contributed by atoms with Crippen molar-refractivity contribution in [3.63, 3.8) is 0 Å². The zero-order chi connectivity index (χ0) is 13.7. The maximum Gasteiger partial charge on any atom is 0.162 e. The SMILES string of the molecule is Cc1cc(F)cc(C(=O)CCCc2ccccc2)c1. The van der Waals surface area contributed by atoms with E-state index in [0.717, 1.165) is 18.4 Å². The summed E-state index contributed by atoms with van der Waals surface area (Å²) < 4.78 is 13.2. The van der Waals surface area contributed by atoms with Gasteiger partial charge in [-0.25, -0.2) is 4.39 Å².